The highest BCUT2D eigenvalue weighted by Gasteiger charge is 2.30. The van der Waals surface area contributed by atoms with Gasteiger partial charge in [-0.3, -0.25) is 4.98 Å². The molecular formula is C16H17F3N2. The van der Waals surface area contributed by atoms with E-state index in [0.717, 1.165) is 35.2 Å². The molecule has 0 spiro atoms. The Bertz CT molecular complexity index is 591. The van der Waals surface area contributed by atoms with Crippen molar-refractivity contribution in [1.82, 2.24) is 10.3 Å². The molecule has 2 aromatic rings. The molecule has 0 saturated heterocycles. The lowest BCUT2D eigenvalue weighted by atomic mass is 9.94. The lowest BCUT2D eigenvalue weighted by Gasteiger charge is -2.20. The standard InChI is InChI=1S/C16H17F3N2/c1-3-11-10-21-9-8-14(11)15(20-2)12-4-6-13(7-5-12)16(17,18)19/h4-10,15,20H,3H2,1-2H3. The quantitative estimate of drug-likeness (QED) is 0.923. The van der Waals surface area contributed by atoms with Gasteiger partial charge in [-0.1, -0.05) is 19.1 Å². The Morgan fingerprint density at radius 1 is 1.14 bits per heavy atom. The van der Waals surface area contributed by atoms with Gasteiger partial charge in [-0.15, -0.1) is 0 Å². The molecule has 1 N–H and O–H groups in total. The number of nitrogens with one attached hydrogen (secondary N) is 1. The summed E-state index contributed by atoms with van der Waals surface area (Å²) in [5, 5.41) is 3.16. The highest BCUT2D eigenvalue weighted by Crippen LogP contribution is 2.31. The summed E-state index contributed by atoms with van der Waals surface area (Å²) in [7, 11) is 1.79. The summed E-state index contributed by atoms with van der Waals surface area (Å²) in [5.74, 6) is 0. The SMILES string of the molecule is CCc1cnccc1C(NC)c1ccc(C(F)(F)F)cc1. The number of pyridine rings is 1. The zero-order valence-electron chi connectivity index (χ0n) is 11.9. The Kier molecular flexibility index (Phi) is 4.63. The normalized spacial score (nSPS) is 13.2. The molecule has 1 unspecified atom stereocenters. The lowest BCUT2D eigenvalue weighted by molar-refractivity contribution is -0.137. The van der Waals surface area contributed by atoms with Gasteiger partial charge in [-0.25, -0.2) is 0 Å². The Hall–Kier alpha value is -1.88. The topological polar surface area (TPSA) is 24.9 Å². The zero-order chi connectivity index (χ0) is 15.5. The first-order valence-electron chi connectivity index (χ1n) is 6.74. The van der Waals surface area contributed by atoms with Crippen LogP contribution in [0.3, 0.4) is 0 Å². The van der Waals surface area contributed by atoms with Crippen molar-refractivity contribution in [1.29, 1.82) is 0 Å². The number of aromatic nitrogens is 1. The maximum atomic E-state index is 12.6. The molecule has 0 fully saturated rings. The van der Waals surface area contributed by atoms with Crippen molar-refractivity contribution in [3.63, 3.8) is 0 Å². The first-order valence-corrected chi connectivity index (χ1v) is 6.74. The van der Waals surface area contributed by atoms with Crippen molar-refractivity contribution >= 4 is 0 Å². The largest absolute Gasteiger partial charge is 0.416 e. The predicted octanol–water partition coefficient (Wildman–Crippen LogP) is 3.97. The molecule has 0 bridgehead atoms. The third-order valence-corrected chi connectivity index (χ3v) is 3.49. The lowest BCUT2D eigenvalue weighted by Crippen LogP contribution is -2.19. The summed E-state index contributed by atoms with van der Waals surface area (Å²) in [6.07, 6.45) is 0.00752. The van der Waals surface area contributed by atoms with E-state index in [4.69, 9.17) is 0 Å². The number of alkyl halides is 3. The minimum atomic E-state index is -4.31. The highest BCUT2D eigenvalue weighted by atomic mass is 19.4. The van der Waals surface area contributed by atoms with E-state index >= 15 is 0 Å². The average Bonchev–Trinajstić information content (AvgIpc) is 2.48. The Labute approximate surface area is 122 Å². The summed E-state index contributed by atoms with van der Waals surface area (Å²) < 4.78 is 37.9. The van der Waals surface area contributed by atoms with Crippen LogP contribution < -0.4 is 5.32 Å². The van der Waals surface area contributed by atoms with Crippen molar-refractivity contribution in [3.8, 4) is 0 Å². The van der Waals surface area contributed by atoms with E-state index in [1.165, 1.54) is 12.1 Å². The maximum absolute atomic E-state index is 12.6. The van der Waals surface area contributed by atoms with E-state index in [-0.39, 0.29) is 6.04 Å². The molecule has 1 aromatic heterocycles. The second-order valence-electron chi connectivity index (χ2n) is 4.77. The molecule has 112 valence electrons. The monoisotopic (exact) mass is 294 g/mol. The number of benzene rings is 1. The van der Waals surface area contributed by atoms with Crippen LogP contribution in [0.4, 0.5) is 13.2 Å². The predicted molar refractivity (Wildman–Crippen MR) is 76.0 cm³/mol. The van der Waals surface area contributed by atoms with Crippen LogP contribution in [0.5, 0.6) is 0 Å². The van der Waals surface area contributed by atoms with Crippen molar-refractivity contribution in [2.24, 2.45) is 0 Å². The van der Waals surface area contributed by atoms with Crippen LogP contribution in [0.1, 0.15) is 35.2 Å². The van der Waals surface area contributed by atoms with Crippen molar-refractivity contribution in [2.75, 3.05) is 7.05 Å². The van der Waals surface area contributed by atoms with Gasteiger partial charge in [0, 0.05) is 12.4 Å². The molecule has 0 aliphatic heterocycles. The molecule has 0 aliphatic carbocycles. The minimum Gasteiger partial charge on any atom is -0.309 e. The molecule has 0 aliphatic rings. The van der Waals surface area contributed by atoms with Gasteiger partial charge < -0.3 is 5.32 Å². The van der Waals surface area contributed by atoms with E-state index < -0.39 is 11.7 Å². The fourth-order valence-corrected chi connectivity index (χ4v) is 2.38. The van der Waals surface area contributed by atoms with E-state index in [9.17, 15) is 13.2 Å². The molecule has 21 heavy (non-hydrogen) atoms. The summed E-state index contributed by atoms with van der Waals surface area (Å²) >= 11 is 0. The van der Waals surface area contributed by atoms with Gasteiger partial charge in [0.25, 0.3) is 0 Å². The van der Waals surface area contributed by atoms with Crippen LogP contribution in [0, 0.1) is 0 Å². The second-order valence-corrected chi connectivity index (χ2v) is 4.77. The maximum Gasteiger partial charge on any atom is 0.416 e. The number of nitrogens with zero attached hydrogens (tertiary/aromatic N) is 1. The van der Waals surface area contributed by atoms with Crippen molar-refractivity contribution in [2.45, 2.75) is 25.6 Å². The average molecular weight is 294 g/mol. The van der Waals surface area contributed by atoms with Gasteiger partial charge >= 0.3 is 6.18 Å². The molecule has 1 aromatic carbocycles. The summed E-state index contributed by atoms with van der Waals surface area (Å²) in [6.45, 7) is 2.03. The Morgan fingerprint density at radius 3 is 2.33 bits per heavy atom. The molecule has 2 rings (SSSR count). The molecule has 0 radical (unpaired) electrons. The smallest absolute Gasteiger partial charge is 0.309 e. The Morgan fingerprint density at radius 2 is 1.81 bits per heavy atom. The van der Waals surface area contributed by atoms with Gasteiger partial charge in [0.1, 0.15) is 0 Å². The summed E-state index contributed by atoms with van der Waals surface area (Å²) in [5.41, 5.74) is 2.28. The first kappa shape index (κ1) is 15.5. The highest BCUT2D eigenvalue weighted by molar-refractivity contribution is 5.37. The van der Waals surface area contributed by atoms with E-state index in [2.05, 4.69) is 10.3 Å². The van der Waals surface area contributed by atoms with E-state index in [1.54, 1.807) is 19.4 Å². The van der Waals surface area contributed by atoms with Gasteiger partial charge in [0.15, 0.2) is 0 Å². The van der Waals surface area contributed by atoms with Crippen LogP contribution in [0.25, 0.3) is 0 Å². The van der Waals surface area contributed by atoms with Crippen LogP contribution in [0.2, 0.25) is 0 Å². The van der Waals surface area contributed by atoms with Gasteiger partial charge in [-0.2, -0.15) is 13.2 Å². The van der Waals surface area contributed by atoms with E-state index in [1.807, 2.05) is 13.0 Å². The molecule has 0 saturated carbocycles. The molecule has 0 amide bonds. The number of hydrogen-bond donors (Lipinski definition) is 1. The number of aryl methyl sites for hydroxylation is 1. The second kappa shape index (κ2) is 6.26. The zero-order valence-corrected chi connectivity index (χ0v) is 11.9. The van der Waals surface area contributed by atoms with Crippen LogP contribution in [-0.2, 0) is 12.6 Å². The molecule has 5 heteroatoms. The molecule has 1 atom stereocenters. The summed E-state index contributed by atoms with van der Waals surface area (Å²) in [4.78, 5) is 4.10. The number of rotatable bonds is 4. The van der Waals surface area contributed by atoms with E-state index in [0.29, 0.717) is 0 Å². The summed E-state index contributed by atoms with van der Waals surface area (Å²) in [6, 6.07) is 7.02. The van der Waals surface area contributed by atoms with Gasteiger partial charge in [0.05, 0.1) is 11.6 Å². The fraction of sp³-hybridized carbons (Fsp3) is 0.312. The first-order chi connectivity index (χ1) is 9.97. The number of halogens is 3. The van der Waals surface area contributed by atoms with Crippen molar-refractivity contribution in [3.05, 3.63) is 65.0 Å². The van der Waals surface area contributed by atoms with Crippen LogP contribution in [-0.4, -0.2) is 12.0 Å². The fourth-order valence-electron chi connectivity index (χ4n) is 2.38. The Balaban J connectivity index is 2.38. The molecular weight excluding hydrogens is 277 g/mol. The third-order valence-electron chi connectivity index (χ3n) is 3.49. The van der Waals surface area contributed by atoms with Crippen molar-refractivity contribution < 1.29 is 13.2 Å². The molecule has 1 heterocycles. The third kappa shape index (κ3) is 3.42. The molecule has 2 nitrogen and oxygen atoms in total. The van der Waals surface area contributed by atoms with Crippen LogP contribution >= 0.6 is 0 Å². The number of hydrogen-bond acceptors (Lipinski definition) is 2. The van der Waals surface area contributed by atoms with Gasteiger partial charge in [0.2, 0.25) is 0 Å². The minimum absolute atomic E-state index is 0.148. The van der Waals surface area contributed by atoms with Crippen LogP contribution in [0.15, 0.2) is 42.7 Å². The van der Waals surface area contributed by atoms with Gasteiger partial charge in [-0.05, 0) is 48.4 Å².